The highest BCUT2D eigenvalue weighted by molar-refractivity contribution is 5.76. The van der Waals surface area contributed by atoms with E-state index in [0.29, 0.717) is 13.0 Å². The molecular weight excluding hydrogens is 166 g/mol. The third-order valence-electron chi connectivity index (χ3n) is 1.94. The van der Waals surface area contributed by atoms with Crippen LogP contribution >= 0.6 is 0 Å². The lowest BCUT2D eigenvalue weighted by atomic mass is 10.3. The van der Waals surface area contributed by atoms with Crippen molar-refractivity contribution < 1.29 is 9.53 Å². The third kappa shape index (κ3) is 5.64. The molecule has 0 aromatic carbocycles. The van der Waals surface area contributed by atoms with Gasteiger partial charge in [0.25, 0.3) is 0 Å². The number of hydrogen-bond acceptors (Lipinski definition) is 2. The van der Waals surface area contributed by atoms with Gasteiger partial charge in [-0.25, -0.2) is 0 Å². The molecule has 0 saturated heterocycles. The highest BCUT2D eigenvalue weighted by Gasteiger charge is 2.11. The first-order valence-electron chi connectivity index (χ1n) is 4.82. The number of carbonyl (C=O) groups excluding carboxylic acids is 1. The van der Waals surface area contributed by atoms with Crippen molar-refractivity contribution in [1.82, 2.24) is 4.90 Å². The molecule has 0 aliphatic rings. The Kier molecular flexibility index (Phi) is 5.71. The SMILES string of the molecule is CC(C)OCCC(=O)N(C)C(C)C. The van der Waals surface area contributed by atoms with Crippen LogP contribution in [0.1, 0.15) is 34.1 Å². The Hall–Kier alpha value is -0.570. The van der Waals surface area contributed by atoms with E-state index in [1.807, 2.05) is 34.7 Å². The molecule has 0 heterocycles. The Balaban J connectivity index is 3.62. The Morgan fingerprint density at radius 3 is 2.23 bits per heavy atom. The summed E-state index contributed by atoms with van der Waals surface area (Å²) in [5.41, 5.74) is 0. The van der Waals surface area contributed by atoms with Crippen LogP contribution in [0.5, 0.6) is 0 Å². The van der Waals surface area contributed by atoms with E-state index in [-0.39, 0.29) is 18.1 Å². The maximum Gasteiger partial charge on any atom is 0.224 e. The molecule has 0 fully saturated rings. The third-order valence-corrected chi connectivity index (χ3v) is 1.94. The van der Waals surface area contributed by atoms with Crippen LogP contribution in [0, 0.1) is 0 Å². The zero-order valence-electron chi connectivity index (χ0n) is 9.33. The number of amides is 1. The van der Waals surface area contributed by atoms with E-state index in [1.165, 1.54) is 0 Å². The van der Waals surface area contributed by atoms with Crippen molar-refractivity contribution in [3.63, 3.8) is 0 Å². The Morgan fingerprint density at radius 2 is 1.85 bits per heavy atom. The maximum atomic E-state index is 11.4. The molecule has 1 amide bonds. The van der Waals surface area contributed by atoms with Gasteiger partial charge in [0.1, 0.15) is 0 Å². The number of nitrogens with zero attached hydrogens (tertiary/aromatic N) is 1. The molecule has 13 heavy (non-hydrogen) atoms. The van der Waals surface area contributed by atoms with Crippen LogP contribution in [0.4, 0.5) is 0 Å². The normalized spacial score (nSPS) is 11.0. The van der Waals surface area contributed by atoms with E-state index in [4.69, 9.17) is 4.74 Å². The van der Waals surface area contributed by atoms with Gasteiger partial charge in [0.2, 0.25) is 5.91 Å². The maximum absolute atomic E-state index is 11.4. The van der Waals surface area contributed by atoms with Gasteiger partial charge in [0.15, 0.2) is 0 Å². The molecule has 0 saturated carbocycles. The fourth-order valence-electron chi connectivity index (χ4n) is 0.846. The van der Waals surface area contributed by atoms with Crippen molar-refractivity contribution in [2.24, 2.45) is 0 Å². The lowest BCUT2D eigenvalue weighted by Crippen LogP contribution is -2.33. The molecule has 3 heteroatoms. The highest BCUT2D eigenvalue weighted by atomic mass is 16.5. The molecule has 78 valence electrons. The Bertz CT molecular complexity index is 155. The number of rotatable bonds is 5. The van der Waals surface area contributed by atoms with Crippen molar-refractivity contribution in [2.45, 2.75) is 46.3 Å². The predicted octanol–water partition coefficient (Wildman–Crippen LogP) is 1.67. The molecule has 0 radical (unpaired) electrons. The Labute approximate surface area is 81.1 Å². The first kappa shape index (κ1) is 12.4. The van der Waals surface area contributed by atoms with E-state index >= 15 is 0 Å². The van der Waals surface area contributed by atoms with Gasteiger partial charge in [-0.2, -0.15) is 0 Å². The lowest BCUT2D eigenvalue weighted by molar-refractivity contribution is -0.132. The molecule has 0 unspecified atom stereocenters. The average molecular weight is 187 g/mol. The fourth-order valence-corrected chi connectivity index (χ4v) is 0.846. The number of ether oxygens (including phenoxy) is 1. The van der Waals surface area contributed by atoms with E-state index in [1.54, 1.807) is 4.90 Å². The molecule has 0 atom stereocenters. The van der Waals surface area contributed by atoms with E-state index < -0.39 is 0 Å². The van der Waals surface area contributed by atoms with Gasteiger partial charge in [-0.05, 0) is 27.7 Å². The summed E-state index contributed by atoms with van der Waals surface area (Å²) in [6, 6.07) is 0.270. The summed E-state index contributed by atoms with van der Waals surface area (Å²) in [5.74, 6) is 0.149. The predicted molar refractivity (Wildman–Crippen MR) is 53.6 cm³/mol. The van der Waals surface area contributed by atoms with Crippen molar-refractivity contribution in [2.75, 3.05) is 13.7 Å². The van der Waals surface area contributed by atoms with Crippen LogP contribution in [-0.2, 0) is 9.53 Å². The lowest BCUT2D eigenvalue weighted by Gasteiger charge is -2.21. The molecule has 0 aliphatic carbocycles. The second-order valence-corrected chi connectivity index (χ2v) is 3.77. The summed E-state index contributed by atoms with van der Waals surface area (Å²) >= 11 is 0. The molecule has 0 bridgehead atoms. The van der Waals surface area contributed by atoms with Crippen molar-refractivity contribution in [3.05, 3.63) is 0 Å². The summed E-state index contributed by atoms with van der Waals surface area (Å²) in [6.45, 7) is 8.46. The van der Waals surface area contributed by atoms with E-state index in [0.717, 1.165) is 0 Å². The summed E-state index contributed by atoms with van der Waals surface area (Å²) in [7, 11) is 1.82. The zero-order chi connectivity index (χ0) is 10.4. The topological polar surface area (TPSA) is 29.5 Å². The summed E-state index contributed by atoms with van der Waals surface area (Å²) in [6.07, 6.45) is 0.685. The second kappa shape index (κ2) is 5.97. The van der Waals surface area contributed by atoms with Gasteiger partial charge in [0, 0.05) is 13.1 Å². The van der Waals surface area contributed by atoms with Crippen molar-refractivity contribution in [3.8, 4) is 0 Å². The summed E-state index contributed by atoms with van der Waals surface area (Å²) < 4.78 is 5.29. The smallest absolute Gasteiger partial charge is 0.224 e. The van der Waals surface area contributed by atoms with Gasteiger partial charge in [-0.1, -0.05) is 0 Å². The van der Waals surface area contributed by atoms with Crippen molar-refractivity contribution in [1.29, 1.82) is 0 Å². The van der Waals surface area contributed by atoms with Gasteiger partial charge in [-0.3, -0.25) is 4.79 Å². The fraction of sp³-hybridized carbons (Fsp3) is 0.900. The van der Waals surface area contributed by atoms with E-state index in [9.17, 15) is 4.79 Å². The summed E-state index contributed by atoms with van der Waals surface area (Å²) in [5, 5.41) is 0. The van der Waals surface area contributed by atoms with Crippen LogP contribution in [0.15, 0.2) is 0 Å². The standard InChI is InChI=1S/C10H21NO2/c1-8(2)11(5)10(12)6-7-13-9(3)4/h8-9H,6-7H2,1-5H3. The molecule has 0 N–H and O–H groups in total. The first-order valence-corrected chi connectivity index (χ1v) is 4.82. The quantitative estimate of drug-likeness (QED) is 0.655. The van der Waals surface area contributed by atoms with Gasteiger partial charge < -0.3 is 9.64 Å². The number of carbonyl (C=O) groups is 1. The first-order chi connectivity index (χ1) is 5.95. The van der Waals surface area contributed by atoms with Crippen LogP contribution < -0.4 is 0 Å². The molecule has 3 nitrogen and oxygen atoms in total. The largest absolute Gasteiger partial charge is 0.378 e. The van der Waals surface area contributed by atoms with Crippen LogP contribution in [0.25, 0.3) is 0 Å². The highest BCUT2D eigenvalue weighted by Crippen LogP contribution is 1.99. The molecule has 0 aliphatic heterocycles. The van der Waals surface area contributed by atoms with Crippen LogP contribution in [0.3, 0.4) is 0 Å². The second-order valence-electron chi connectivity index (χ2n) is 3.77. The molecule has 0 aromatic rings. The molecule has 0 spiro atoms. The van der Waals surface area contributed by atoms with E-state index in [2.05, 4.69) is 0 Å². The van der Waals surface area contributed by atoms with Crippen LogP contribution in [0.2, 0.25) is 0 Å². The zero-order valence-corrected chi connectivity index (χ0v) is 9.33. The average Bonchev–Trinajstić information content (AvgIpc) is 2.02. The monoisotopic (exact) mass is 187 g/mol. The molecular formula is C10H21NO2. The molecule has 0 aromatic heterocycles. The van der Waals surface area contributed by atoms with Gasteiger partial charge in [0.05, 0.1) is 19.1 Å². The minimum atomic E-state index is 0.149. The van der Waals surface area contributed by atoms with Gasteiger partial charge >= 0.3 is 0 Å². The molecule has 0 rings (SSSR count). The minimum absolute atomic E-state index is 0.149. The van der Waals surface area contributed by atoms with Gasteiger partial charge in [-0.15, -0.1) is 0 Å². The van der Waals surface area contributed by atoms with Crippen LogP contribution in [-0.4, -0.2) is 36.6 Å². The summed E-state index contributed by atoms with van der Waals surface area (Å²) in [4.78, 5) is 13.2. The number of hydrogen-bond donors (Lipinski definition) is 0. The Morgan fingerprint density at radius 1 is 1.31 bits per heavy atom. The minimum Gasteiger partial charge on any atom is -0.378 e. The van der Waals surface area contributed by atoms with Crippen molar-refractivity contribution >= 4 is 5.91 Å².